The van der Waals surface area contributed by atoms with Crippen LogP contribution in [0.25, 0.3) is 0 Å². The van der Waals surface area contributed by atoms with Gasteiger partial charge < -0.3 is 0 Å². The molecule has 2 heteroatoms. The van der Waals surface area contributed by atoms with E-state index < -0.39 is 0 Å². The van der Waals surface area contributed by atoms with Crippen molar-refractivity contribution in [3.05, 3.63) is 30.1 Å². The summed E-state index contributed by atoms with van der Waals surface area (Å²) in [6.45, 7) is 1.98. The first-order chi connectivity index (χ1) is 4.33. The van der Waals surface area contributed by atoms with Crippen LogP contribution >= 0.6 is 0 Å². The van der Waals surface area contributed by atoms with Crippen LogP contribution in [0.5, 0.6) is 0 Å². The van der Waals surface area contributed by atoms with Crippen molar-refractivity contribution in [2.45, 2.75) is 6.92 Å². The molecule has 1 aromatic heterocycles. The van der Waals surface area contributed by atoms with Crippen LogP contribution in [0.15, 0.2) is 24.5 Å². The van der Waals surface area contributed by atoms with Gasteiger partial charge in [-0.1, -0.05) is 0 Å². The first-order valence-corrected chi connectivity index (χ1v) is 2.75. The van der Waals surface area contributed by atoms with Gasteiger partial charge in [0.1, 0.15) is 0 Å². The monoisotopic (exact) mass is 122 g/mol. The molecule has 0 amide bonds. The molecule has 0 radical (unpaired) electrons. The molecule has 0 atom stereocenters. The minimum Gasteiger partial charge on any atom is -0.222 e. The summed E-state index contributed by atoms with van der Waals surface area (Å²) in [5.41, 5.74) is 1.16. The highest BCUT2D eigenvalue weighted by Gasteiger charge is 1.91. The molecule has 0 saturated heterocycles. The molecular weight excluding hydrogens is 114 g/mol. The van der Waals surface area contributed by atoms with Crippen LogP contribution in [0.3, 0.4) is 0 Å². The summed E-state index contributed by atoms with van der Waals surface area (Å²) in [7, 11) is 0. The Balaban J connectivity index is 3.01. The summed E-state index contributed by atoms with van der Waals surface area (Å²) in [5.74, 6) is 0. The Hall–Kier alpha value is -1.18. The summed E-state index contributed by atoms with van der Waals surface area (Å²) < 4.78 is 1.47. The Morgan fingerprint density at radius 1 is 1.44 bits per heavy atom. The van der Waals surface area contributed by atoms with Gasteiger partial charge in [0.15, 0.2) is 12.4 Å². The SMILES string of the molecule is Cc1cc[n+](C=O)cc1. The number of hydrogen-bond acceptors (Lipinski definition) is 1. The van der Waals surface area contributed by atoms with Crippen molar-refractivity contribution in [3.8, 4) is 0 Å². The van der Waals surface area contributed by atoms with Crippen LogP contribution in [0.2, 0.25) is 0 Å². The minimum atomic E-state index is 0.763. The maximum absolute atomic E-state index is 10.1. The van der Waals surface area contributed by atoms with Crippen molar-refractivity contribution in [2.24, 2.45) is 0 Å². The van der Waals surface area contributed by atoms with Crippen molar-refractivity contribution < 1.29 is 9.36 Å². The van der Waals surface area contributed by atoms with Crippen LogP contribution in [0, 0.1) is 6.92 Å². The smallest absolute Gasteiger partial charge is 0.222 e. The van der Waals surface area contributed by atoms with E-state index >= 15 is 0 Å². The number of nitrogens with zero attached hydrogens (tertiary/aromatic N) is 1. The molecule has 0 fully saturated rings. The second kappa shape index (κ2) is 2.40. The summed E-state index contributed by atoms with van der Waals surface area (Å²) in [5, 5.41) is 0. The van der Waals surface area contributed by atoms with Gasteiger partial charge in [-0.15, -0.1) is 4.57 Å². The molecule has 0 aromatic carbocycles. The van der Waals surface area contributed by atoms with Crippen LogP contribution in [-0.4, -0.2) is 6.41 Å². The molecule has 0 N–H and O–H groups in total. The number of carbonyl (C=O) groups is 1. The highest BCUT2D eigenvalue weighted by atomic mass is 16.1. The van der Waals surface area contributed by atoms with E-state index in [-0.39, 0.29) is 0 Å². The summed E-state index contributed by atoms with van der Waals surface area (Å²) in [6.07, 6.45) is 4.21. The molecule has 0 saturated carbocycles. The van der Waals surface area contributed by atoms with Gasteiger partial charge in [-0.05, 0) is 12.5 Å². The number of aromatic nitrogens is 1. The fraction of sp³-hybridized carbons (Fsp3) is 0.143. The Morgan fingerprint density at radius 2 is 2.00 bits per heavy atom. The van der Waals surface area contributed by atoms with Crippen LogP contribution < -0.4 is 4.57 Å². The molecule has 0 aliphatic rings. The third-order valence-corrected chi connectivity index (χ3v) is 1.14. The molecule has 1 aromatic rings. The average molecular weight is 122 g/mol. The van der Waals surface area contributed by atoms with Crippen LogP contribution in [-0.2, 0) is 4.79 Å². The molecule has 2 nitrogen and oxygen atoms in total. The van der Waals surface area contributed by atoms with E-state index in [1.165, 1.54) is 4.57 Å². The lowest BCUT2D eigenvalue weighted by molar-refractivity contribution is -0.552. The van der Waals surface area contributed by atoms with E-state index in [0.717, 1.165) is 12.0 Å². The third kappa shape index (κ3) is 1.35. The largest absolute Gasteiger partial charge is 0.380 e. The molecular formula is C7H8NO+. The highest BCUT2D eigenvalue weighted by Crippen LogP contribution is 1.87. The quantitative estimate of drug-likeness (QED) is 0.388. The molecule has 46 valence electrons. The molecule has 0 aliphatic carbocycles. The number of pyridine rings is 1. The summed E-state index contributed by atoms with van der Waals surface area (Å²) in [4.78, 5) is 10.1. The molecule has 9 heavy (non-hydrogen) atoms. The van der Waals surface area contributed by atoms with E-state index in [9.17, 15) is 4.79 Å². The van der Waals surface area contributed by atoms with E-state index in [2.05, 4.69) is 0 Å². The first-order valence-electron chi connectivity index (χ1n) is 2.75. The van der Waals surface area contributed by atoms with Gasteiger partial charge in [-0.2, -0.15) is 0 Å². The zero-order valence-corrected chi connectivity index (χ0v) is 5.24. The second-order valence-corrected chi connectivity index (χ2v) is 1.93. The molecule has 1 rings (SSSR count). The first kappa shape index (κ1) is 5.95. The normalized spacial score (nSPS) is 9.00. The van der Waals surface area contributed by atoms with Crippen molar-refractivity contribution in [1.29, 1.82) is 0 Å². The minimum absolute atomic E-state index is 0.763. The van der Waals surface area contributed by atoms with Gasteiger partial charge in [-0.3, -0.25) is 0 Å². The number of aryl methyl sites for hydroxylation is 1. The molecule has 0 unspecified atom stereocenters. The van der Waals surface area contributed by atoms with Crippen molar-refractivity contribution >= 4 is 6.41 Å². The average Bonchev–Trinajstić information content (AvgIpc) is 1.90. The third-order valence-electron chi connectivity index (χ3n) is 1.14. The van der Waals surface area contributed by atoms with Gasteiger partial charge in [0.25, 0.3) is 0 Å². The van der Waals surface area contributed by atoms with Crippen molar-refractivity contribution in [1.82, 2.24) is 0 Å². The Kier molecular flexibility index (Phi) is 1.58. The lowest BCUT2D eigenvalue weighted by Gasteiger charge is -1.83. The van der Waals surface area contributed by atoms with E-state index in [4.69, 9.17) is 0 Å². The van der Waals surface area contributed by atoms with Gasteiger partial charge in [-0.25, -0.2) is 4.79 Å². The molecule has 1 heterocycles. The second-order valence-electron chi connectivity index (χ2n) is 1.93. The highest BCUT2D eigenvalue weighted by molar-refractivity contribution is 5.34. The molecule has 0 spiro atoms. The van der Waals surface area contributed by atoms with Gasteiger partial charge >= 0.3 is 6.41 Å². The van der Waals surface area contributed by atoms with E-state index in [0.29, 0.717) is 0 Å². The number of rotatable bonds is 1. The Labute approximate surface area is 53.8 Å². The summed E-state index contributed by atoms with van der Waals surface area (Å²) in [6, 6.07) is 3.77. The predicted octanol–water partition coefficient (Wildman–Crippen LogP) is 0.321. The van der Waals surface area contributed by atoms with Crippen molar-refractivity contribution in [2.75, 3.05) is 0 Å². The molecule has 0 aliphatic heterocycles. The predicted molar refractivity (Wildman–Crippen MR) is 33.5 cm³/mol. The van der Waals surface area contributed by atoms with E-state index in [1.807, 2.05) is 19.1 Å². The topological polar surface area (TPSA) is 20.9 Å². The van der Waals surface area contributed by atoms with Crippen LogP contribution in [0.1, 0.15) is 5.56 Å². The van der Waals surface area contributed by atoms with Crippen molar-refractivity contribution in [3.63, 3.8) is 0 Å². The number of hydrogen-bond donors (Lipinski definition) is 0. The fourth-order valence-electron chi connectivity index (χ4n) is 0.583. The van der Waals surface area contributed by atoms with Gasteiger partial charge in [0.05, 0.1) is 0 Å². The fourth-order valence-corrected chi connectivity index (χ4v) is 0.583. The number of carbonyl (C=O) groups excluding carboxylic acids is 1. The lowest BCUT2D eigenvalue weighted by atomic mass is 10.3. The maximum atomic E-state index is 10.1. The van der Waals surface area contributed by atoms with E-state index in [1.54, 1.807) is 12.4 Å². The zero-order valence-electron chi connectivity index (χ0n) is 5.24. The molecule has 0 bridgehead atoms. The van der Waals surface area contributed by atoms with Gasteiger partial charge in [0, 0.05) is 12.1 Å². The van der Waals surface area contributed by atoms with Gasteiger partial charge in [0.2, 0.25) is 0 Å². The zero-order chi connectivity index (χ0) is 6.69. The van der Waals surface area contributed by atoms with Crippen LogP contribution in [0.4, 0.5) is 0 Å². The maximum Gasteiger partial charge on any atom is 0.380 e. The Morgan fingerprint density at radius 3 is 2.44 bits per heavy atom. The lowest BCUT2D eigenvalue weighted by Crippen LogP contribution is -2.31. The Bertz CT molecular complexity index is 203. The summed E-state index contributed by atoms with van der Waals surface area (Å²) >= 11 is 0. The standard InChI is InChI=1S/C7H8NO/c1-7-2-4-8(6-9)5-3-7/h2-6H,1H3/q+1.